The molecule has 3 aromatic rings. The number of nitrogens with zero attached hydrogens (tertiary/aromatic N) is 2. The highest BCUT2D eigenvalue weighted by Gasteiger charge is 2.26. The summed E-state index contributed by atoms with van der Waals surface area (Å²) < 4.78 is 13.0. The number of para-hydroxylation sites is 1. The number of carbonyl (C=O) groups excluding carboxylic acids is 1. The number of nitrogens with one attached hydrogen (secondary N) is 1. The molecular formula is C18H14FN3O. The van der Waals surface area contributed by atoms with Gasteiger partial charge in [0, 0.05) is 17.8 Å². The fourth-order valence-electron chi connectivity index (χ4n) is 2.89. The van der Waals surface area contributed by atoms with Crippen molar-refractivity contribution in [3.05, 3.63) is 71.7 Å². The minimum atomic E-state index is -0.297. The molecule has 1 aliphatic heterocycles. The number of benzene rings is 2. The molecule has 0 aliphatic carbocycles. The van der Waals surface area contributed by atoms with Crippen LogP contribution in [0.25, 0.3) is 11.3 Å². The number of hydrogen-bond acceptors (Lipinski definition) is 2. The van der Waals surface area contributed by atoms with E-state index >= 15 is 0 Å². The van der Waals surface area contributed by atoms with Gasteiger partial charge >= 0.3 is 0 Å². The summed E-state index contributed by atoms with van der Waals surface area (Å²) in [7, 11) is 0. The van der Waals surface area contributed by atoms with Crippen molar-refractivity contribution in [3.8, 4) is 11.3 Å². The van der Waals surface area contributed by atoms with Crippen molar-refractivity contribution in [3.63, 3.8) is 0 Å². The summed E-state index contributed by atoms with van der Waals surface area (Å²) in [5, 5.41) is 6.96. The molecular weight excluding hydrogens is 293 g/mol. The maximum absolute atomic E-state index is 13.0. The topological polar surface area (TPSA) is 49.0 Å². The van der Waals surface area contributed by atoms with Crippen molar-refractivity contribution in [2.24, 2.45) is 0 Å². The van der Waals surface area contributed by atoms with Gasteiger partial charge in [0.25, 0.3) is 5.91 Å². The Hall–Kier alpha value is -2.95. The number of aromatic nitrogens is 2. The molecule has 0 radical (unpaired) electrons. The monoisotopic (exact) mass is 307 g/mol. The van der Waals surface area contributed by atoms with Crippen LogP contribution >= 0.6 is 0 Å². The number of halogens is 1. The standard InChI is InChI=1S/C18H14FN3O/c19-14-7-5-12(6-8-14)15-11-16(21-20-15)18(23)22-10-9-13-3-1-2-4-17(13)22/h1-8,11H,9-10H2,(H,20,21). The third-order valence-corrected chi connectivity index (χ3v) is 4.08. The van der Waals surface area contributed by atoms with Crippen molar-refractivity contribution in [1.82, 2.24) is 10.2 Å². The fourth-order valence-corrected chi connectivity index (χ4v) is 2.89. The van der Waals surface area contributed by atoms with E-state index in [2.05, 4.69) is 10.2 Å². The Bertz CT molecular complexity index is 870. The Balaban J connectivity index is 1.62. The van der Waals surface area contributed by atoms with Gasteiger partial charge in [0.05, 0.1) is 5.69 Å². The van der Waals surface area contributed by atoms with E-state index in [1.165, 1.54) is 17.7 Å². The predicted octanol–water partition coefficient (Wildman–Crippen LogP) is 3.42. The molecule has 0 saturated carbocycles. The molecule has 4 rings (SSSR count). The van der Waals surface area contributed by atoms with E-state index < -0.39 is 0 Å². The summed E-state index contributed by atoms with van der Waals surface area (Å²) in [6.07, 6.45) is 0.862. The second-order valence-electron chi connectivity index (χ2n) is 5.51. The van der Waals surface area contributed by atoms with E-state index in [9.17, 15) is 9.18 Å². The number of fused-ring (bicyclic) bond motifs is 1. The zero-order valence-electron chi connectivity index (χ0n) is 12.3. The van der Waals surface area contributed by atoms with Crippen molar-refractivity contribution in [1.29, 1.82) is 0 Å². The minimum Gasteiger partial charge on any atom is -0.306 e. The summed E-state index contributed by atoms with van der Waals surface area (Å²) >= 11 is 0. The zero-order chi connectivity index (χ0) is 15.8. The lowest BCUT2D eigenvalue weighted by Gasteiger charge is -2.15. The van der Waals surface area contributed by atoms with Gasteiger partial charge in [0.2, 0.25) is 0 Å². The molecule has 0 saturated heterocycles. The van der Waals surface area contributed by atoms with Gasteiger partial charge in [0.1, 0.15) is 11.5 Å². The molecule has 0 atom stereocenters. The number of hydrogen-bond donors (Lipinski definition) is 1. The normalized spacial score (nSPS) is 13.2. The van der Waals surface area contributed by atoms with Crippen molar-refractivity contribution >= 4 is 11.6 Å². The molecule has 2 heterocycles. The summed E-state index contributed by atoms with van der Waals surface area (Å²) in [4.78, 5) is 14.5. The molecule has 2 aromatic carbocycles. The van der Waals surface area contributed by atoms with Crippen LogP contribution in [0.4, 0.5) is 10.1 Å². The molecule has 114 valence electrons. The van der Waals surface area contributed by atoms with Gasteiger partial charge in [-0.05, 0) is 48.4 Å². The van der Waals surface area contributed by atoms with Crippen LogP contribution in [0.15, 0.2) is 54.6 Å². The van der Waals surface area contributed by atoms with Crippen molar-refractivity contribution in [2.45, 2.75) is 6.42 Å². The first-order chi connectivity index (χ1) is 11.2. The lowest BCUT2D eigenvalue weighted by Crippen LogP contribution is -2.29. The van der Waals surface area contributed by atoms with Crippen molar-refractivity contribution < 1.29 is 9.18 Å². The van der Waals surface area contributed by atoms with Gasteiger partial charge < -0.3 is 4.90 Å². The first kappa shape index (κ1) is 13.7. The Labute approximate surface area is 132 Å². The second kappa shape index (κ2) is 5.35. The number of carbonyl (C=O) groups is 1. The molecule has 0 fully saturated rings. The van der Waals surface area contributed by atoms with Crippen LogP contribution in [0.3, 0.4) is 0 Å². The Morgan fingerprint density at radius 3 is 2.74 bits per heavy atom. The van der Waals surface area contributed by atoms with E-state index in [0.717, 1.165) is 17.7 Å². The van der Waals surface area contributed by atoms with E-state index in [0.29, 0.717) is 17.9 Å². The molecule has 0 unspecified atom stereocenters. The molecule has 1 aromatic heterocycles. The molecule has 23 heavy (non-hydrogen) atoms. The molecule has 5 heteroatoms. The van der Waals surface area contributed by atoms with Crippen LogP contribution in [0, 0.1) is 5.82 Å². The van der Waals surface area contributed by atoms with Crippen LogP contribution < -0.4 is 4.90 Å². The third kappa shape index (κ3) is 2.40. The molecule has 1 aliphatic rings. The predicted molar refractivity (Wildman–Crippen MR) is 85.8 cm³/mol. The van der Waals surface area contributed by atoms with Gasteiger partial charge in [-0.3, -0.25) is 9.89 Å². The number of amides is 1. The van der Waals surface area contributed by atoms with Gasteiger partial charge in [-0.25, -0.2) is 4.39 Å². The van der Waals surface area contributed by atoms with Crippen LogP contribution in [0.2, 0.25) is 0 Å². The molecule has 1 N–H and O–H groups in total. The van der Waals surface area contributed by atoms with E-state index in [-0.39, 0.29) is 11.7 Å². The Morgan fingerprint density at radius 1 is 1.13 bits per heavy atom. The summed E-state index contributed by atoms with van der Waals surface area (Å²) in [6, 6.07) is 15.7. The first-order valence-corrected chi connectivity index (χ1v) is 7.43. The van der Waals surface area contributed by atoms with Crippen molar-refractivity contribution in [2.75, 3.05) is 11.4 Å². The molecule has 0 bridgehead atoms. The fraction of sp³-hybridized carbons (Fsp3) is 0.111. The second-order valence-corrected chi connectivity index (χ2v) is 5.51. The average Bonchev–Trinajstić information content (AvgIpc) is 3.22. The lowest BCUT2D eigenvalue weighted by atomic mass is 10.1. The third-order valence-electron chi connectivity index (χ3n) is 4.08. The van der Waals surface area contributed by atoms with Gasteiger partial charge in [-0.2, -0.15) is 5.10 Å². The quantitative estimate of drug-likeness (QED) is 0.788. The summed E-state index contributed by atoms with van der Waals surface area (Å²) in [5.74, 6) is -0.398. The first-order valence-electron chi connectivity index (χ1n) is 7.43. The number of H-pyrrole nitrogens is 1. The van der Waals surface area contributed by atoms with Crippen LogP contribution in [0.1, 0.15) is 16.1 Å². The molecule has 0 spiro atoms. The Morgan fingerprint density at radius 2 is 1.91 bits per heavy atom. The van der Waals surface area contributed by atoms with E-state index in [1.54, 1.807) is 23.1 Å². The highest BCUT2D eigenvalue weighted by atomic mass is 19.1. The van der Waals surface area contributed by atoms with Crippen LogP contribution in [0.5, 0.6) is 0 Å². The molecule has 1 amide bonds. The summed E-state index contributed by atoms with van der Waals surface area (Å²) in [6.45, 7) is 0.670. The van der Waals surface area contributed by atoms with Gasteiger partial charge in [0.15, 0.2) is 0 Å². The average molecular weight is 307 g/mol. The zero-order valence-corrected chi connectivity index (χ0v) is 12.3. The number of rotatable bonds is 2. The Kier molecular flexibility index (Phi) is 3.19. The maximum atomic E-state index is 13.0. The van der Waals surface area contributed by atoms with Gasteiger partial charge in [-0.1, -0.05) is 18.2 Å². The van der Waals surface area contributed by atoms with Crippen LogP contribution in [-0.2, 0) is 6.42 Å². The lowest BCUT2D eigenvalue weighted by molar-refractivity contribution is 0.0984. The maximum Gasteiger partial charge on any atom is 0.276 e. The largest absolute Gasteiger partial charge is 0.306 e. The highest BCUT2D eigenvalue weighted by molar-refractivity contribution is 6.06. The van der Waals surface area contributed by atoms with E-state index in [1.807, 2.05) is 24.3 Å². The summed E-state index contributed by atoms with van der Waals surface area (Å²) in [5.41, 5.74) is 3.96. The van der Waals surface area contributed by atoms with Crippen LogP contribution in [-0.4, -0.2) is 22.6 Å². The number of aromatic amines is 1. The highest BCUT2D eigenvalue weighted by Crippen LogP contribution is 2.29. The minimum absolute atomic E-state index is 0.101. The molecule has 4 nitrogen and oxygen atoms in total. The number of anilines is 1. The van der Waals surface area contributed by atoms with Gasteiger partial charge in [-0.15, -0.1) is 0 Å². The SMILES string of the molecule is O=C(c1cc(-c2ccc(F)cc2)n[nH]1)N1CCc2ccccc21. The van der Waals surface area contributed by atoms with E-state index in [4.69, 9.17) is 0 Å². The smallest absolute Gasteiger partial charge is 0.276 e.